The predicted molar refractivity (Wildman–Crippen MR) is 101 cm³/mol. The molecule has 1 aromatic rings. The van der Waals surface area contributed by atoms with Crippen molar-refractivity contribution < 1.29 is 14.3 Å². The molecule has 0 radical (unpaired) electrons. The van der Waals surface area contributed by atoms with Crippen LogP contribution in [0.1, 0.15) is 50.0 Å². The number of rotatable bonds is 7. The summed E-state index contributed by atoms with van der Waals surface area (Å²) < 4.78 is 5.02. The quantitative estimate of drug-likeness (QED) is 0.807. The molecule has 1 aliphatic rings. The number of carbonyl (C=O) groups excluding carboxylic acids is 2. The zero-order valence-electron chi connectivity index (χ0n) is 16.0. The Labute approximate surface area is 155 Å². The lowest BCUT2D eigenvalue weighted by Gasteiger charge is -2.31. The van der Waals surface area contributed by atoms with Crippen LogP contribution in [0.25, 0.3) is 0 Å². The predicted octanol–water partition coefficient (Wildman–Crippen LogP) is 2.67. The molecule has 7 heteroatoms. The molecule has 1 saturated heterocycles. The van der Waals surface area contributed by atoms with Crippen LogP contribution in [0.4, 0.5) is 10.5 Å². The van der Waals surface area contributed by atoms with Crippen molar-refractivity contribution in [2.45, 2.75) is 45.6 Å². The van der Waals surface area contributed by atoms with Crippen LogP contribution in [0.2, 0.25) is 0 Å². The number of likely N-dealkylation sites (tertiary alicyclic amines) is 1. The molecule has 0 unspecified atom stereocenters. The van der Waals surface area contributed by atoms with E-state index < -0.39 is 0 Å². The molecule has 1 aromatic heterocycles. The Balaban J connectivity index is 1.87. The summed E-state index contributed by atoms with van der Waals surface area (Å²) in [4.78, 5) is 32.3. The second kappa shape index (κ2) is 9.99. The number of anilines is 1. The van der Waals surface area contributed by atoms with Crippen LogP contribution >= 0.6 is 0 Å². The summed E-state index contributed by atoms with van der Waals surface area (Å²) in [5.41, 5.74) is 1.43. The van der Waals surface area contributed by atoms with E-state index >= 15 is 0 Å². The molecule has 144 valence electrons. The number of ether oxygens (including phenoxy) is 1. The monoisotopic (exact) mass is 362 g/mol. The number of amides is 2. The fraction of sp³-hybridized carbons (Fsp3) is 0.632. The van der Waals surface area contributed by atoms with Crippen molar-refractivity contribution in [1.82, 2.24) is 15.2 Å². The van der Waals surface area contributed by atoms with Gasteiger partial charge in [-0.3, -0.25) is 9.78 Å². The van der Waals surface area contributed by atoms with Crippen molar-refractivity contribution >= 4 is 17.7 Å². The van der Waals surface area contributed by atoms with Gasteiger partial charge in [0.05, 0.1) is 6.61 Å². The molecule has 1 N–H and O–H groups in total. The van der Waals surface area contributed by atoms with Gasteiger partial charge in [-0.15, -0.1) is 0 Å². The molecule has 0 aliphatic carbocycles. The molecule has 7 nitrogen and oxygen atoms in total. The lowest BCUT2D eigenvalue weighted by atomic mass is 10.1. The second-order valence-electron chi connectivity index (χ2n) is 6.61. The smallest absolute Gasteiger partial charge is 0.409 e. The number of unbranched alkanes of at least 4 members (excludes halogenated alkanes) is 1. The van der Waals surface area contributed by atoms with Crippen LogP contribution in [-0.2, 0) is 4.74 Å². The first-order chi connectivity index (χ1) is 12.5. The van der Waals surface area contributed by atoms with Crippen molar-refractivity contribution in [2.24, 2.45) is 0 Å². The molecular formula is C19H30N4O3. The number of nitrogens with zero attached hydrogens (tertiary/aromatic N) is 3. The van der Waals surface area contributed by atoms with Gasteiger partial charge in [-0.1, -0.05) is 13.3 Å². The summed E-state index contributed by atoms with van der Waals surface area (Å²) in [5.74, 6) is -0.162. The minimum Gasteiger partial charge on any atom is -0.450 e. The van der Waals surface area contributed by atoms with Crippen molar-refractivity contribution in [3.63, 3.8) is 0 Å². The summed E-state index contributed by atoms with van der Waals surface area (Å²) in [6.07, 6.45) is 5.09. The Morgan fingerprint density at radius 1 is 1.35 bits per heavy atom. The largest absolute Gasteiger partial charge is 0.450 e. The Morgan fingerprint density at radius 3 is 2.73 bits per heavy atom. The van der Waals surface area contributed by atoms with Crippen LogP contribution in [0.15, 0.2) is 18.3 Å². The number of aromatic nitrogens is 1. The Kier molecular flexibility index (Phi) is 7.69. The number of hydrogen-bond donors (Lipinski definition) is 1. The van der Waals surface area contributed by atoms with E-state index in [1.165, 1.54) is 0 Å². The topological polar surface area (TPSA) is 74.8 Å². The number of carbonyl (C=O) groups is 2. The van der Waals surface area contributed by atoms with Gasteiger partial charge in [0.2, 0.25) is 0 Å². The summed E-state index contributed by atoms with van der Waals surface area (Å²) >= 11 is 0. The van der Waals surface area contributed by atoms with E-state index in [0.717, 1.165) is 37.9 Å². The molecule has 0 spiro atoms. The number of piperidine rings is 1. The number of hydrogen-bond acceptors (Lipinski definition) is 5. The van der Waals surface area contributed by atoms with Gasteiger partial charge in [0.1, 0.15) is 5.69 Å². The van der Waals surface area contributed by atoms with E-state index in [9.17, 15) is 9.59 Å². The van der Waals surface area contributed by atoms with E-state index in [-0.39, 0.29) is 18.0 Å². The normalized spacial score (nSPS) is 14.8. The molecule has 1 aliphatic heterocycles. The third-order valence-corrected chi connectivity index (χ3v) is 4.62. The highest BCUT2D eigenvalue weighted by Crippen LogP contribution is 2.15. The van der Waals surface area contributed by atoms with Gasteiger partial charge in [-0.2, -0.15) is 0 Å². The fourth-order valence-corrected chi connectivity index (χ4v) is 2.99. The molecule has 0 aromatic carbocycles. The van der Waals surface area contributed by atoms with Crippen molar-refractivity contribution in [3.05, 3.63) is 24.0 Å². The first-order valence-electron chi connectivity index (χ1n) is 9.44. The molecule has 1 fully saturated rings. The van der Waals surface area contributed by atoms with Gasteiger partial charge in [0.15, 0.2) is 0 Å². The summed E-state index contributed by atoms with van der Waals surface area (Å²) in [5, 5.41) is 3.04. The molecule has 0 atom stereocenters. The highest BCUT2D eigenvalue weighted by Gasteiger charge is 2.25. The highest BCUT2D eigenvalue weighted by molar-refractivity contribution is 5.93. The lowest BCUT2D eigenvalue weighted by Crippen LogP contribution is -2.46. The van der Waals surface area contributed by atoms with Crippen LogP contribution in [0.3, 0.4) is 0 Å². The average molecular weight is 362 g/mol. The summed E-state index contributed by atoms with van der Waals surface area (Å²) in [6.45, 7) is 6.48. The van der Waals surface area contributed by atoms with Crippen molar-refractivity contribution in [2.75, 3.05) is 38.2 Å². The van der Waals surface area contributed by atoms with E-state index in [4.69, 9.17) is 4.74 Å². The minimum absolute atomic E-state index is 0.0523. The van der Waals surface area contributed by atoms with E-state index in [0.29, 0.717) is 25.4 Å². The molecule has 0 saturated carbocycles. The zero-order valence-corrected chi connectivity index (χ0v) is 16.0. The Bertz CT molecular complexity index is 600. The summed E-state index contributed by atoms with van der Waals surface area (Å²) in [7, 11) is 2.03. The first kappa shape index (κ1) is 20.0. The highest BCUT2D eigenvalue weighted by atomic mass is 16.6. The molecule has 0 bridgehead atoms. The van der Waals surface area contributed by atoms with Crippen LogP contribution < -0.4 is 10.2 Å². The van der Waals surface area contributed by atoms with Crippen LogP contribution in [0.5, 0.6) is 0 Å². The first-order valence-corrected chi connectivity index (χ1v) is 9.44. The second-order valence-corrected chi connectivity index (χ2v) is 6.61. The van der Waals surface area contributed by atoms with Crippen molar-refractivity contribution in [1.29, 1.82) is 0 Å². The SMILES string of the molecule is CCCCN(C)c1ccnc(C(=O)NC2CCN(C(=O)OCC)CC2)c1. The Hall–Kier alpha value is -2.31. The third-order valence-electron chi connectivity index (χ3n) is 4.62. The zero-order chi connectivity index (χ0) is 18.9. The Morgan fingerprint density at radius 2 is 2.08 bits per heavy atom. The maximum atomic E-state index is 12.5. The molecule has 2 rings (SSSR count). The van der Waals surface area contributed by atoms with Crippen LogP contribution in [0, 0.1) is 0 Å². The molecular weight excluding hydrogens is 332 g/mol. The van der Waals surface area contributed by atoms with E-state index in [2.05, 4.69) is 22.1 Å². The van der Waals surface area contributed by atoms with Gasteiger partial charge in [0, 0.05) is 44.6 Å². The maximum Gasteiger partial charge on any atom is 0.409 e. The van der Waals surface area contributed by atoms with Gasteiger partial charge in [0.25, 0.3) is 5.91 Å². The van der Waals surface area contributed by atoms with E-state index in [1.54, 1.807) is 18.0 Å². The van der Waals surface area contributed by atoms with Crippen molar-refractivity contribution in [3.8, 4) is 0 Å². The molecule has 2 amide bonds. The number of pyridine rings is 1. The van der Waals surface area contributed by atoms with Crippen LogP contribution in [-0.4, -0.2) is 61.2 Å². The lowest BCUT2D eigenvalue weighted by molar-refractivity contribution is 0.0856. The average Bonchev–Trinajstić information content (AvgIpc) is 2.67. The molecule has 26 heavy (non-hydrogen) atoms. The van der Waals surface area contributed by atoms with Gasteiger partial charge >= 0.3 is 6.09 Å². The van der Waals surface area contributed by atoms with Gasteiger partial charge < -0.3 is 19.9 Å². The molecule has 2 heterocycles. The van der Waals surface area contributed by atoms with E-state index in [1.807, 2.05) is 19.2 Å². The fourth-order valence-electron chi connectivity index (χ4n) is 2.99. The standard InChI is InChI=1S/C19H30N4O3/c1-4-6-11-22(3)16-7-10-20-17(14-16)18(24)21-15-8-12-23(13-9-15)19(25)26-5-2/h7,10,14-15H,4-6,8-9,11-13H2,1-3H3,(H,21,24). The number of nitrogens with one attached hydrogen (secondary N) is 1. The van der Waals surface area contributed by atoms with Gasteiger partial charge in [-0.25, -0.2) is 4.79 Å². The third kappa shape index (κ3) is 5.61. The summed E-state index contributed by atoms with van der Waals surface area (Å²) in [6, 6.07) is 3.81. The van der Waals surface area contributed by atoms with Gasteiger partial charge in [-0.05, 0) is 38.3 Å². The minimum atomic E-state index is -0.276. The maximum absolute atomic E-state index is 12.5.